The summed E-state index contributed by atoms with van der Waals surface area (Å²) in [7, 11) is 1.69. The van der Waals surface area contributed by atoms with Crippen LogP contribution >= 0.6 is 23.1 Å². The Balaban J connectivity index is 1.89. The van der Waals surface area contributed by atoms with Crippen molar-refractivity contribution < 1.29 is 19.1 Å². The van der Waals surface area contributed by atoms with Gasteiger partial charge in [0.1, 0.15) is 12.6 Å². The zero-order valence-corrected chi connectivity index (χ0v) is 23.1. The van der Waals surface area contributed by atoms with Gasteiger partial charge in [-0.2, -0.15) is 0 Å². The van der Waals surface area contributed by atoms with E-state index < -0.39 is 12.1 Å². The molecule has 0 spiro atoms. The normalized spacial score (nSPS) is 15.4. The number of amides is 4. The highest BCUT2D eigenvalue weighted by Gasteiger charge is 2.32. The number of ether oxygens (including phenoxy) is 1. The summed E-state index contributed by atoms with van der Waals surface area (Å²) in [6.07, 6.45) is 2.86. The molecule has 1 saturated heterocycles. The van der Waals surface area contributed by atoms with Gasteiger partial charge in [0.15, 0.2) is 0 Å². The molecule has 0 radical (unpaired) electrons. The van der Waals surface area contributed by atoms with Crippen molar-refractivity contribution in [3.8, 4) is 0 Å². The van der Waals surface area contributed by atoms with Gasteiger partial charge in [0, 0.05) is 55.6 Å². The standard InChI is InChI=1S/C23H38N6O4S2/c1-15(2)19(26-22(31)27(5)12-17-14-35-20(25-17)16(3)4)21(30)28-7-9-29(10-8-28)23(32)33-13-18(11-24)34-6/h11,14-16,19H,7-10,12-13,24H2,1-6H3,(H,26,31)/b18-11-. The zero-order chi connectivity index (χ0) is 26.1. The molecule has 2 heterocycles. The Hall–Kier alpha value is -2.47. The number of hydrogen-bond donors (Lipinski definition) is 2. The number of nitrogens with one attached hydrogen (secondary N) is 1. The van der Waals surface area contributed by atoms with Gasteiger partial charge in [-0.15, -0.1) is 23.1 Å². The van der Waals surface area contributed by atoms with Crippen molar-refractivity contribution in [3.63, 3.8) is 0 Å². The van der Waals surface area contributed by atoms with Gasteiger partial charge in [-0.05, 0) is 12.2 Å². The third-order valence-corrected chi connectivity index (χ3v) is 7.63. The number of carbonyl (C=O) groups is 3. The van der Waals surface area contributed by atoms with E-state index in [1.54, 1.807) is 28.2 Å². The lowest BCUT2D eigenvalue weighted by molar-refractivity contribution is -0.135. The van der Waals surface area contributed by atoms with Crippen LogP contribution in [0, 0.1) is 5.92 Å². The average Bonchev–Trinajstić information content (AvgIpc) is 3.31. The van der Waals surface area contributed by atoms with Crippen LogP contribution in [0.25, 0.3) is 0 Å². The first-order valence-corrected chi connectivity index (χ1v) is 13.8. The Morgan fingerprint density at radius 1 is 1.23 bits per heavy atom. The summed E-state index contributed by atoms with van der Waals surface area (Å²) in [6, 6.07) is -0.986. The molecule has 1 unspecified atom stereocenters. The summed E-state index contributed by atoms with van der Waals surface area (Å²) in [4.78, 5) is 48.5. The fraction of sp³-hybridized carbons (Fsp3) is 0.652. The molecular weight excluding hydrogens is 488 g/mol. The molecule has 35 heavy (non-hydrogen) atoms. The van der Waals surface area contributed by atoms with E-state index in [-0.39, 0.29) is 24.5 Å². The molecule has 1 fully saturated rings. The van der Waals surface area contributed by atoms with Gasteiger partial charge in [-0.1, -0.05) is 27.7 Å². The summed E-state index contributed by atoms with van der Waals surface area (Å²) in [5.74, 6) is 0.0951. The molecule has 196 valence electrons. The first-order chi connectivity index (χ1) is 16.6. The minimum atomic E-state index is -0.663. The summed E-state index contributed by atoms with van der Waals surface area (Å²) in [5.41, 5.74) is 6.32. The molecule has 0 aliphatic carbocycles. The Morgan fingerprint density at radius 3 is 2.37 bits per heavy atom. The van der Waals surface area contributed by atoms with Gasteiger partial charge in [0.2, 0.25) is 5.91 Å². The fourth-order valence-electron chi connectivity index (χ4n) is 3.44. The van der Waals surface area contributed by atoms with E-state index in [0.29, 0.717) is 38.6 Å². The highest BCUT2D eigenvalue weighted by atomic mass is 32.2. The summed E-state index contributed by atoms with van der Waals surface area (Å²) in [5, 5.41) is 5.88. The predicted molar refractivity (Wildman–Crippen MR) is 140 cm³/mol. The third-order valence-electron chi connectivity index (χ3n) is 5.66. The molecular formula is C23H38N6O4S2. The molecule has 0 saturated carbocycles. The van der Waals surface area contributed by atoms with Crippen molar-refractivity contribution in [2.45, 2.75) is 46.2 Å². The van der Waals surface area contributed by atoms with Gasteiger partial charge in [-0.25, -0.2) is 14.6 Å². The van der Waals surface area contributed by atoms with Crippen LogP contribution in [0.3, 0.4) is 0 Å². The number of carbonyl (C=O) groups excluding carboxylic acids is 3. The lowest BCUT2D eigenvalue weighted by atomic mass is 10.0. The largest absolute Gasteiger partial charge is 0.444 e. The molecule has 1 aliphatic heterocycles. The van der Waals surface area contributed by atoms with E-state index in [9.17, 15) is 14.4 Å². The van der Waals surface area contributed by atoms with E-state index in [2.05, 4.69) is 24.1 Å². The van der Waals surface area contributed by atoms with E-state index in [0.717, 1.165) is 15.6 Å². The zero-order valence-electron chi connectivity index (χ0n) is 21.4. The highest BCUT2D eigenvalue weighted by molar-refractivity contribution is 8.02. The van der Waals surface area contributed by atoms with Gasteiger partial charge < -0.3 is 30.5 Å². The van der Waals surface area contributed by atoms with Crippen LogP contribution < -0.4 is 11.1 Å². The van der Waals surface area contributed by atoms with Crippen LogP contribution in [0.4, 0.5) is 9.59 Å². The lowest BCUT2D eigenvalue weighted by Gasteiger charge is -2.37. The van der Waals surface area contributed by atoms with Crippen molar-refractivity contribution in [2.24, 2.45) is 11.7 Å². The van der Waals surface area contributed by atoms with Crippen molar-refractivity contribution >= 4 is 41.1 Å². The molecule has 1 aromatic heterocycles. The minimum Gasteiger partial charge on any atom is -0.444 e. The van der Waals surface area contributed by atoms with E-state index >= 15 is 0 Å². The second-order valence-corrected chi connectivity index (χ2v) is 10.9. The van der Waals surface area contributed by atoms with Crippen LogP contribution in [0.5, 0.6) is 0 Å². The molecule has 4 amide bonds. The van der Waals surface area contributed by atoms with Crippen LogP contribution in [-0.2, 0) is 16.1 Å². The number of rotatable bonds is 9. The van der Waals surface area contributed by atoms with Gasteiger partial charge in [-0.3, -0.25) is 4.79 Å². The Labute approximate surface area is 216 Å². The Bertz CT molecular complexity index is 896. The van der Waals surface area contributed by atoms with E-state index in [1.165, 1.54) is 22.9 Å². The number of thiazole rings is 1. The molecule has 10 nitrogen and oxygen atoms in total. The number of aromatic nitrogens is 1. The van der Waals surface area contributed by atoms with Crippen molar-refractivity contribution in [1.82, 2.24) is 25.0 Å². The van der Waals surface area contributed by atoms with Crippen LogP contribution in [0.2, 0.25) is 0 Å². The molecule has 12 heteroatoms. The number of thioether (sulfide) groups is 1. The molecule has 3 N–H and O–H groups in total. The molecule has 0 aromatic carbocycles. The van der Waals surface area contributed by atoms with Gasteiger partial charge >= 0.3 is 12.1 Å². The maximum absolute atomic E-state index is 13.2. The smallest absolute Gasteiger partial charge is 0.410 e. The molecule has 2 rings (SSSR count). The van der Waals surface area contributed by atoms with Crippen LogP contribution in [0.1, 0.15) is 44.3 Å². The number of nitrogens with two attached hydrogens (primary N) is 1. The van der Waals surface area contributed by atoms with E-state index in [1.807, 2.05) is 25.5 Å². The Kier molecular flexibility index (Phi) is 11.2. The molecule has 0 bridgehead atoms. The topological polar surface area (TPSA) is 121 Å². The Morgan fingerprint density at radius 2 is 1.86 bits per heavy atom. The summed E-state index contributed by atoms with van der Waals surface area (Å²) < 4.78 is 5.30. The average molecular weight is 527 g/mol. The minimum absolute atomic E-state index is 0.0947. The molecule has 1 atom stereocenters. The fourth-order valence-corrected chi connectivity index (χ4v) is 4.58. The quantitative estimate of drug-likeness (QED) is 0.507. The molecule has 1 aromatic rings. The van der Waals surface area contributed by atoms with Crippen molar-refractivity contribution in [1.29, 1.82) is 0 Å². The van der Waals surface area contributed by atoms with Gasteiger partial charge in [0.05, 0.1) is 17.2 Å². The SMILES string of the molecule is CS/C(=C\N)COC(=O)N1CCN(C(=O)C(NC(=O)N(C)Cc2csc(C(C)C)n2)C(C)C)CC1. The van der Waals surface area contributed by atoms with Crippen LogP contribution in [-0.4, -0.2) is 89.8 Å². The lowest BCUT2D eigenvalue weighted by Crippen LogP contribution is -2.58. The maximum Gasteiger partial charge on any atom is 0.410 e. The predicted octanol–water partition coefficient (Wildman–Crippen LogP) is 2.88. The molecule has 1 aliphatic rings. The first kappa shape index (κ1) is 28.8. The van der Waals surface area contributed by atoms with Crippen molar-refractivity contribution in [3.05, 3.63) is 27.2 Å². The van der Waals surface area contributed by atoms with Gasteiger partial charge in [0.25, 0.3) is 0 Å². The summed E-state index contributed by atoms with van der Waals surface area (Å²) in [6.45, 7) is 9.96. The van der Waals surface area contributed by atoms with Crippen LogP contribution in [0.15, 0.2) is 16.5 Å². The second kappa shape index (κ2) is 13.6. The summed E-state index contributed by atoms with van der Waals surface area (Å²) >= 11 is 3.01. The number of nitrogens with zero attached hydrogens (tertiary/aromatic N) is 4. The monoisotopic (exact) mass is 526 g/mol. The first-order valence-electron chi connectivity index (χ1n) is 11.7. The number of urea groups is 1. The van der Waals surface area contributed by atoms with Crippen molar-refractivity contribution in [2.75, 3.05) is 46.1 Å². The second-order valence-electron chi connectivity index (χ2n) is 9.06. The number of piperazine rings is 1. The van der Waals surface area contributed by atoms with E-state index in [4.69, 9.17) is 10.5 Å². The maximum atomic E-state index is 13.2. The third kappa shape index (κ3) is 8.31. The number of hydrogen-bond acceptors (Lipinski definition) is 8. The highest BCUT2D eigenvalue weighted by Crippen LogP contribution is 2.20.